The van der Waals surface area contributed by atoms with Crippen LogP contribution in [0.3, 0.4) is 0 Å². The van der Waals surface area contributed by atoms with Crippen molar-refractivity contribution < 1.29 is 0 Å². The highest BCUT2D eigenvalue weighted by Crippen LogP contribution is 2.64. The largest absolute Gasteiger partial charge is 0.254 e. The summed E-state index contributed by atoms with van der Waals surface area (Å²) in [4.78, 5) is 10.5. The minimum atomic E-state index is -0.514. The molecule has 0 N–H and O–H groups in total. The molecule has 13 rings (SSSR count). The molecule has 0 radical (unpaired) electrons. The number of hydrogen-bond donors (Lipinski definition) is 0. The van der Waals surface area contributed by atoms with Crippen molar-refractivity contribution >= 4 is 11.0 Å². The van der Waals surface area contributed by atoms with Crippen LogP contribution in [-0.2, 0) is 10.8 Å². The Morgan fingerprint density at radius 1 is 0.361 bits per heavy atom. The molecule has 0 fully saturated rings. The van der Waals surface area contributed by atoms with Gasteiger partial charge in [0.15, 0.2) is 0 Å². The number of nitrogens with zero attached hydrogens (tertiary/aromatic N) is 2. The molecule has 3 aliphatic rings. The number of fused-ring (bicyclic) bond motifs is 14. The van der Waals surface area contributed by atoms with E-state index < -0.39 is 10.8 Å². The quantitative estimate of drug-likeness (QED) is 0.178. The maximum Gasteiger partial charge on any atom is 0.0965 e. The number of hydrogen-bond acceptors (Lipinski definition) is 2. The predicted octanol–water partition coefficient (Wildman–Crippen LogP) is 14.0. The monoisotopic (exact) mass is 774 g/mol. The van der Waals surface area contributed by atoms with E-state index in [0.29, 0.717) is 0 Å². The molecule has 0 saturated heterocycles. The van der Waals surface area contributed by atoms with Crippen molar-refractivity contribution in [2.24, 2.45) is 0 Å². The zero-order chi connectivity index (χ0) is 40.3. The molecule has 2 nitrogen and oxygen atoms in total. The van der Waals surface area contributed by atoms with Gasteiger partial charge in [-0.1, -0.05) is 182 Å². The van der Waals surface area contributed by atoms with Gasteiger partial charge in [-0.2, -0.15) is 0 Å². The van der Waals surface area contributed by atoms with Crippen LogP contribution in [-0.4, -0.2) is 9.97 Å². The predicted molar refractivity (Wildman–Crippen MR) is 249 cm³/mol. The Kier molecular flexibility index (Phi) is 7.10. The normalized spacial score (nSPS) is 15.8. The molecule has 1 atom stereocenters. The minimum Gasteiger partial charge on any atom is -0.254 e. The molecule has 2 heteroatoms. The molecule has 2 heterocycles. The van der Waals surface area contributed by atoms with E-state index in [1.54, 1.807) is 0 Å². The van der Waals surface area contributed by atoms with E-state index in [4.69, 9.17) is 9.97 Å². The van der Waals surface area contributed by atoms with E-state index >= 15 is 0 Å². The first-order valence-corrected chi connectivity index (χ1v) is 21.2. The van der Waals surface area contributed by atoms with Crippen molar-refractivity contribution in [2.45, 2.75) is 17.8 Å². The first-order chi connectivity index (χ1) is 30.2. The molecule has 8 aromatic carbocycles. The van der Waals surface area contributed by atoms with Crippen LogP contribution in [0, 0.1) is 6.92 Å². The van der Waals surface area contributed by atoms with Crippen LogP contribution >= 0.6 is 0 Å². The smallest absolute Gasteiger partial charge is 0.0965 e. The summed E-state index contributed by atoms with van der Waals surface area (Å²) in [6, 6.07) is 76.4. The van der Waals surface area contributed by atoms with Crippen LogP contribution in [0.2, 0.25) is 0 Å². The summed E-state index contributed by atoms with van der Waals surface area (Å²) in [7, 11) is 0. The van der Waals surface area contributed by atoms with Crippen molar-refractivity contribution in [3.05, 3.63) is 263 Å². The molecule has 1 unspecified atom stereocenters. The van der Waals surface area contributed by atoms with E-state index in [2.05, 4.69) is 207 Å². The van der Waals surface area contributed by atoms with Gasteiger partial charge in [0, 0.05) is 17.3 Å². The molecule has 284 valence electrons. The number of aryl methyl sites for hydroxylation is 1. The molecular formula is C59H38N2. The van der Waals surface area contributed by atoms with Gasteiger partial charge in [0.2, 0.25) is 0 Å². The lowest BCUT2D eigenvalue weighted by molar-refractivity contribution is 0.761. The lowest BCUT2D eigenvalue weighted by Crippen LogP contribution is -2.29. The molecule has 0 bridgehead atoms. The Balaban J connectivity index is 1.08. The topological polar surface area (TPSA) is 25.8 Å². The number of benzene rings is 8. The van der Waals surface area contributed by atoms with Crippen molar-refractivity contribution in [3.8, 4) is 55.8 Å². The van der Waals surface area contributed by atoms with Crippen molar-refractivity contribution in [2.75, 3.05) is 0 Å². The Bertz CT molecular complexity index is 3410. The van der Waals surface area contributed by atoms with E-state index in [9.17, 15) is 0 Å². The summed E-state index contributed by atoms with van der Waals surface area (Å²) in [6.07, 6.45) is 1.90. The Morgan fingerprint density at radius 2 is 0.902 bits per heavy atom. The minimum absolute atomic E-state index is 0.429. The summed E-state index contributed by atoms with van der Waals surface area (Å²) >= 11 is 0. The van der Waals surface area contributed by atoms with Gasteiger partial charge >= 0.3 is 0 Å². The summed E-state index contributed by atoms with van der Waals surface area (Å²) in [5.74, 6) is 0. The molecule has 1 spiro atoms. The molecule has 0 amide bonds. The van der Waals surface area contributed by atoms with Crippen LogP contribution in [0.25, 0.3) is 66.8 Å². The molecule has 0 saturated carbocycles. The SMILES string of the molecule is Cc1ccccc1C1(c2ccccc2)c2ccccc2-c2ccc(-c3cc(-c4cccc5c4-c4ccccc4C54c5ccccc5-c5ccccc54)nc4cccnc34)cc21. The highest BCUT2D eigenvalue weighted by Gasteiger charge is 2.52. The standard InChI is InChI=1S/C59H38N2/c1-37-17-5-10-25-47(37)58(39-18-3-2-4-19-39)48-26-11-6-22-42(48)43-33-32-38(35-53(43)58)46-36-55(61-54-31-16-34-60-57(46)54)45-24-15-30-52-56(45)44-23-9-14-29-51(44)59(52)49-27-12-7-20-40(49)41-21-8-13-28-50(41)59/h2-36H,1H3. The third-order valence-corrected chi connectivity index (χ3v) is 14.0. The number of rotatable bonds is 4. The first kappa shape index (κ1) is 34.2. The van der Waals surface area contributed by atoms with Crippen molar-refractivity contribution in [1.29, 1.82) is 0 Å². The second-order valence-corrected chi connectivity index (χ2v) is 16.8. The van der Waals surface area contributed by atoms with Gasteiger partial charge in [-0.25, -0.2) is 4.98 Å². The summed E-state index contributed by atoms with van der Waals surface area (Å²) in [6.45, 7) is 2.25. The third kappa shape index (κ3) is 4.41. The summed E-state index contributed by atoms with van der Waals surface area (Å²) in [5.41, 5.74) is 24.5. The van der Waals surface area contributed by atoms with Gasteiger partial charge in [0.25, 0.3) is 0 Å². The molecule has 10 aromatic rings. The lowest BCUT2D eigenvalue weighted by Gasteiger charge is -2.35. The average Bonchev–Trinajstić information content (AvgIpc) is 3.92. The van der Waals surface area contributed by atoms with Gasteiger partial charge in [-0.05, 0) is 120 Å². The Hall–Kier alpha value is -7.68. The first-order valence-electron chi connectivity index (χ1n) is 21.2. The fourth-order valence-corrected chi connectivity index (χ4v) is 11.7. The second-order valence-electron chi connectivity index (χ2n) is 16.8. The average molecular weight is 775 g/mol. The molecular weight excluding hydrogens is 737 g/mol. The van der Waals surface area contributed by atoms with Gasteiger partial charge < -0.3 is 0 Å². The van der Waals surface area contributed by atoms with Gasteiger partial charge in [-0.3, -0.25) is 4.98 Å². The van der Waals surface area contributed by atoms with E-state index in [-0.39, 0.29) is 0 Å². The molecule has 2 aromatic heterocycles. The highest BCUT2D eigenvalue weighted by atomic mass is 14.8. The zero-order valence-electron chi connectivity index (χ0n) is 33.6. The lowest BCUT2D eigenvalue weighted by atomic mass is 9.66. The third-order valence-electron chi connectivity index (χ3n) is 14.0. The van der Waals surface area contributed by atoms with Gasteiger partial charge in [0.05, 0.1) is 27.6 Å². The fourth-order valence-electron chi connectivity index (χ4n) is 11.7. The molecule has 0 aliphatic heterocycles. The van der Waals surface area contributed by atoms with Crippen LogP contribution in [0.5, 0.6) is 0 Å². The van der Waals surface area contributed by atoms with Crippen molar-refractivity contribution in [1.82, 2.24) is 9.97 Å². The Labute approximate surface area is 355 Å². The summed E-state index contributed by atoms with van der Waals surface area (Å²) < 4.78 is 0. The van der Waals surface area contributed by atoms with E-state index in [0.717, 1.165) is 33.4 Å². The molecule has 61 heavy (non-hydrogen) atoms. The van der Waals surface area contributed by atoms with Gasteiger partial charge in [0.1, 0.15) is 0 Å². The maximum absolute atomic E-state index is 5.46. The van der Waals surface area contributed by atoms with Crippen LogP contribution in [0.15, 0.2) is 212 Å². The van der Waals surface area contributed by atoms with Crippen LogP contribution in [0.1, 0.15) is 50.1 Å². The van der Waals surface area contributed by atoms with Crippen LogP contribution in [0.4, 0.5) is 0 Å². The number of aromatic nitrogens is 2. The van der Waals surface area contributed by atoms with E-state index in [1.807, 2.05) is 12.3 Å². The van der Waals surface area contributed by atoms with E-state index in [1.165, 1.54) is 83.5 Å². The van der Waals surface area contributed by atoms with Crippen LogP contribution < -0.4 is 0 Å². The zero-order valence-corrected chi connectivity index (χ0v) is 33.6. The highest BCUT2D eigenvalue weighted by molar-refractivity contribution is 6.02. The fraction of sp³-hybridized carbons (Fsp3) is 0.0508. The second kappa shape index (κ2) is 12.7. The molecule has 3 aliphatic carbocycles. The van der Waals surface area contributed by atoms with Gasteiger partial charge in [-0.15, -0.1) is 0 Å². The number of pyridine rings is 2. The van der Waals surface area contributed by atoms with Crippen molar-refractivity contribution in [3.63, 3.8) is 0 Å². The summed E-state index contributed by atoms with van der Waals surface area (Å²) in [5, 5.41) is 0. The maximum atomic E-state index is 5.46. The Morgan fingerprint density at radius 3 is 1.59 bits per heavy atom.